The van der Waals surface area contributed by atoms with Gasteiger partial charge >= 0.3 is 0 Å². The molecule has 0 unspecified atom stereocenters. The SMILES string of the molecule is O=C(Cc1ccccc1)N(C1CCCCC1)N1CCCCC1. The Morgan fingerprint density at radius 3 is 2.27 bits per heavy atom. The fourth-order valence-electron chi connectivity index (χ4n) is 3.86. The number of benzene rings is 1. The van der Waals surface area contributed by atoms with Crippen LogP contribution in [0.2, 0.25) is 0 Å². The van der Waals surface area contributed by atoms with Crippen molar-refractivity contribution < 1.29 is 4.79 Å². The van der Waals surface area contributed by atoms with Gasteiger partial charge in [0.25, 0.3) is 0 Å². The maximum atomic E-state index is 13.0. The minimum absolute atomic E-state index is 0.292. The minimum atomic E-state index is 0.292. The molecule has 1 aromatic rings. The van der Waals surface area contributed by atoms with E-state index >= 15 is 0 Å². The Morgan fingerprint density at radius 2 is 1.59 bits per heavy atom. The molecule has 1 heterocycles. The topological polar surface area (TPSA) is 23.6 Å². The van der Waals surface area contributed by atoms with Gasteiger partial charge in [0.05, 0.1) is 6.42 Å². The van der Waals surface area contributed by atoms with Gasteiger partial charge in [0, 0.05) is 19.1 Å². The van der Waals surface area contributed by atoms with Crippen LogP contribution in [0.1, 0.15) is 56.9 Å². The minimum Gasteiger partial charge on any atom is -0.273 e. The lowest BCUT2D eigenvalue weighted by Crippen LogP contribution is -2.54. The standard InChI is InChI=1S/C19H28N2O/c22-19(16-17-10-4-1-5-11-17)21(18-12-6-2-7-13-18)20-14-8-3-9-15-20/h1,4-5,10-11,18H,2-3,6-9,12-16H2. The molecule has 1 saturated heterocycles. The lowest BCUT2D eigenvalue weighted by atomic mass is 9.94. The second-order valence-corrected chi connectivity index (χ2v) is 6.71. The summed E-state index contributed by atoms with van der Waals surface area (Å²) in [6.07, 6.45) is 10.5. The first kappa shape index (κ1) is 15.5. The Labute approximate surface area is 134 Å². The van der Waals surface area contributed by atoms with Gasteiger partial charge in [-0.05, 0) is 31.2 Å². The zero-order chi connectivity index (χ0) is 15.2. The van der Waals surface area contributed by atoms with Crippen LogP contribution < -0.4 is 0 Å². The molecule has 1 amide bonds. The normalized spacial score (nSPS) is 20.7. The molecule has 0 atom stereocenters. The van der Waals surface area contributed by atoms with Crippen molar-refractivity contribution in [1.82, 2.24) is 10.0 Å². The van der Waals surface area contributed by atoms with Crippen molar-refractivity contribution >= 4 is 5.91 Å². The van der Waals surface area contributed by atoms with Crippen LogP contribution in [0, 0.1) is 0 Å². The number of piperidine rings is 1. The summed E-state index contributed by atoms with van der Waals surface area (Å²) in [6, 6.07) is 10.6. The third-order valence-electron chi connectivity index (χ3n) is 5.01. The fourth-order valence-corrected chi connectivity index (χ4v) is 3.86. The van der Waals surface area contributed by atoms with Gasteiger partial charge in [0.15, 0.2) is 0 Å². The second-order valence-electron chi connectivity index (χ2n) is 6.71. The summed E-state index contributed by atoms with van der Waals surface area (Å²) in [5, 5.41) is 4.51. The molecule has 0 N–H and O–H groups in total. The number of carbonyl (C=O) groups excluding carboxylic acids is 1. The van der Waals surface area contributed by atoms with Crippen molar-refractivity contribution in [2.45, 2.75) is 63.8 Å². The van der Waals surface area contributed by atoms with Crippen LogP contribution in [0.15, 0.2) is 30.3 Å². The van der Waals surface area contributed by atoms with E-state index < -0.39 is 0 Å². The van der Waals surface area contributed by atoms with Gasteiger partial charge in [-0.1, -0.05) is 56.0 Å². The first-order chi connectivity index (χ1) is 10.8. The van der Waals surface area contributed by atoms with Crippen LogP contribution in [0.4, 0.5) is 0 Å². The number of rotatable bonds is 4. The summed E-state index contributed by atoms with van der Waals surface area (Å²) < 4.78 is 0. The zero-order valence-corrected chi connectivity index (χ0v) is 13.5. The van der Waals surface area contributed by atoms with E-state index in [4.69, 9.17) is 0 Å². The molecular formula is C19H28N2O. The smallest absolute Gasteiger partial charge is 0.241 e. The highest BCUT2D eigenvalue weighted by Gasteiger charge is 2.30. The van der Waals surface area contributed by atoms with E-state index in [0.717, 1.165) is 18.7 Å². The van der Waals surface area contributed by atoms with Crippen molar-refractivity contribution in [3.63, 3.8) is 0 Å². The molecular weight excluding hydrogens is 272 g/mol. The first-order valence-electron chi connectivity index (χ1n) is 8.95. The van der Waals surface area contributed by atoms with E-state index in [1.807, 2.05) is 18.2 Å². The molecule has 3 rings (SSSR count). The molecule has 0 bridgehead atoms. The monoisotopic (exact) mass is 300 g/mol. The zero-order valence-electron chi connectivity index (χ0n) is 13.5. The molecule has 120 valence electrons. The number of amides is 1. The molecule has 0 spiro atoms. The van der Waals surface area contributed by atoms with E-state index in [1.165, 1.54) is 51.4 Å². The van der Waals surface area contributed by atoms with Crippen LogP contribution in [0.25, 0.3) is 0 Å². The van der Waals surface area contributed by atoms with Gasteiger partial charge in [-0.3, -0.25) is 9.80 Å². The van der Waals surface area contributed by atoms with E-state index in [0.29, 0.717) is 18.4 Å². The predicted molar refractivity (Wildman–Crippen MR) is 89.3 cm³/mol. The van der Waals surface area contributed by atoms with Crippen molar-refractivity contribution in [2.75, 3.05) is 13.1 Å². The van der Waals surface area contributed by atoms with Crippen LogP contribution in [0.3, 0.4) is 0 Å². The Bertz CT molecular complexity index is 444. The van der Waals surface area contributed by atoms with Gasteiger partial charge in [0.2, 0.25) is 5.91 Å². The fraction of sp³-hybridized carbons (Fsp3) is 0.632. The molecule has 3 nitrogen and oxygen atoms in total. The number of nitrogens with zero attached hydrogens (tertiary/aromatic N) is 2. The molecule has 22 heavy (non-hydrogen) atoms. The van der Waals surface area contributed by atoms with Gasteiger partial charge < -0.3 is 0 Å². The van der Waals surface area contributed by atoms with Crippen molar-refractivity contribution in [3.05, 3.63) is 35.9 Å². The number of carbonyl (C=O) groups is 1. The molecule has 1 aliphatic heterocycles. The van der Waals surface area contributed by atoms with E-state index in [1.54, 1.807) is 0 Å². The van der Waals surface area contributed by atoms with E-state index in [2.05, 4.69) is 22.2 Å². The highest BCUT2D eigenvalue weighted by atomic mass is 16.2. The number of hydrazine groups is 1. The molecule has 2 aliphatic rings. The highest BCUT2D eigenvalue weighted by Crippen LogP contribution is 2.26. The average Bonchev–Trinajstić information content (AvgIpc) is 2.58. The summed E-state index contributed by atoms with van der Waals surface area (Å²) >= 11 is 0. The largest absolute Gasteiger partial charge is 0.273 e. The maximum absolute atomic E-state index is 13.0. The van der Waals surface area contributed by atoms with Crippen LogP contribution in [-0.4, -0.2) is 35.1 Å². The van der Waals surface area contributed by atoms with Crippen LogP contribution >= 0.6 is 0 Å². The maximum Gasteiger partial charge on any atom is 0.241 e. The summed E-state index contributed by atoms with van der Waals surface area (Å²) in [7, 11) is 0. The van der Waals surface area contributed by atoms with E-state index in [9.17, 15) is 4.79 Å². The predicted octanol–water partition coefficient (Wildman–Crippen LogP) is 3.79. The Balaban J connectivity index is 1.72. The Hall–Kier alpha value is -1.35. The van der Waals surface area contributed by atoms with Crippen LogP contribution in [-0.2, 0) is 11.2 Å². The van der Waals surface area contributed by atoms with Crippen molar-refractivity contribution in [2.24, 2.45) is 0 Å². The third kappa shape index (κ3) is 3.89. The van der Waals surface area contributed by atoms with Crippen molar-refractivity contribution in [3.8, 4) is 0 Å². The summed E-state index contributed by atoms with van der Waals surface area (Å²) in [6.45, 7) is 2.11. The molecule has 1 saturated carbocycles. The van der Waals surface area contributed by atoms with Gasteiger partial charge in [0.1, 0.15) is 0 Å². The number of hydrogen-bond donors (Lipinski definition) is 0. The van der Waals surface area contributed by atoms with Gasteiger partial charge in [-0.2, -0.15) is 0 Å². The number of hydrogen-bond acceptors (Lipinski definition) is 2. The molecule has 0 aromatic heterocycles. The first-order valence-corrected chi connectivity index (χ1v) is 8.95. The van der Waals surface area contributed by atoms with Crippen LogP contribution in [0.5, 0.6) is 0 Å². The lowest BCUT2D eigenvalue weighted by molar-refractivity contribution is -0.159. The van der Waals surface area contributed by atoms with E-state index in [-0.39, 0.29) is 0 Å². The average molecular weight is 300 g/mol. The van der Waals surface area contributed by atoms with Gasteiger partial charge in [-0.25, -0.2) is 5.01 Å². The lowest BCUT2D eigenvalue weighted by Gasteiger charge is -2.43. The molecule has 0 radical (unpaired) electrons. The third-order valence-corrected chi connectivity index (χ3v) is 5.01. The molecule has 3 heteroatoms. The van der Waals surface area contributed by atoms with Crippen molar-refractivity contribution in [1.29, 1.82) is 0 Å². The second kappa shape index (κ2) is 7.77. The Kier molecular flexibility index (Phi) is 5.49. The summed E-state index contributed by atoms with van der Waals surface area (Å²) in [5.74, 6) is 0.292. The van der Waals surface area contributed by atoms with Gasteiger partial charge in [-0.15, -0.1) is 0 Å². The quantitative estimate of drug-likeness (QED) is 0.844. The summed E-state index contributed by atoms with van der Waals surface area (Å²) in [4.78, 5) is 13.0. The molecule has 1 aliphatic carbocycles. The summed E-state index contributed by atoms with van der Waals surface area (Å²) in [5.41, 5.74) is 1.13. The molecule has 2 fully saturated rings. The molecule has 1 aromatic carbocycles. The Morgan fingerprint density at radius 1 is 0.955 bits per heavy atom. The highest BCUT2D eigenvalue weighted by molar-refractivity contribution is 5.78.